The zero-order chi connectivity index (χ0) is 21.2. The topological polar surface area (TPSA) is 58.1 Å². The van der Waals surface area contributed by atoms with Crippen molar-refractivity contribution in [2.24, 2.45) is 4.99 Å². The van der Waals surface area contributed by atoms with Gasteiger partial charge in [0, 0.05) is 25.2 Å². The Morgan fingerprint density at radius 2 is 1.72 bits per heavy atom. The molecule has 0 saturated heterocycles. The van der Waals surface area contributed by atoms with E-state index in [-0.39, 0.29) is 6.04 Å². The van der Waals surface area contributed by atoms with Crippen LogP contribution in [-0.4, -0.2) is 59.3 Å². The third-order valence-corrected chi connectivity index (χ3v) is 4.97. The molecule has 0 heterocycles. The number of aliphatic imine (C=N–C) groups is 1. The van der Waals surface area contributed by atoms with E-state index in [1.165, 1.54) is 5.56 Å². The summed E-state index contributed by atoms with van der Waals surface area (Å²) in [5.74, 6) is 2.24. The lowest BCUT2D eigenvalue weighted by Crippen LogP contribution is -2.42. The SMILES string of the molecule is CN=C(NCCc1ccc(OC)c(OC)c1)NCC(c1ccc(Cl)cc1)N(C)C. The highest BCUT2D eigenvalue weighted by Gasteiger charge is 2.14. The molecule has 0 radical (unpaired) electrons. The van der Waals surface area contributed by atoms with Crippen LogP contribution in [0.2, 0.25) is 5.02 Å². The molecule has 29 heavy (non-hydrogen) atoms. The monoisotopic (exact) mass is 418 g/mol. The van der Waals surface area contributed by atoms with Gasteiger partial charge in [0.05, 0.1) is 20.3 Å². The van der Waals surface area contributed by atoms with Crippen LogP contribution in [0.15, 0.2) is 47.5 Å². The predicted molar refractivity (Wildman–Crippen MR) is 120 cm³/mol. The largest absolute Gasteiger partial charge is 0.493 e. The van der Waals surface area contributed by atoms with Crippen LogP contribution in [0.4, 0.5) is 0 Å². The summed E-state index contributed by atoms with van der Waals surface area (Å²) in [5, 5.41) is 7.52. The number of hydrogen-bond acceptors (Lipinski definition) is 4. The molecule has 0 saturated carbocycles. The molecule has 0 amide bonds. The zero-order valence-electron chi connectivity index (χ0n) is 17.8. The second-order valence-corrected chi connectivity index (χ2v) is 7.29. The summed E-state index contributed by atoms with van der Waals surface area (Å²) in [6.45, 7) is 1.48. The number of methoxy groups -OCH3 is 2. The van der Waals surface area contributed by atoms with Crippen molar-refractivity contribution >= 4 is 17.6 Å². The van der Waals surface area contributed by atoms with Crippen LogP contribution in [0, 0.1) is 0 Å². The lowest BCUT2D eigenvalue weighted by molar-refractivity contribution is 0.298. The maximum absolute atomic E-state index is 6.02. The van der Waals surface area contributed by atoms with Crippen LogP contribution in [0.25, 0.3) is 0 Å². The van der Waals surface area contributed by atoms with Gasteiger partial charge in [0.2, 0.25) is 0 Å². The quantitative estimate of drug-likeness (QED) is 0.483. The van der Waals surface area contributed by atoms with Gasteiger partial charge in [0.15, 0.2) is 17.5 Å². The maximum atomic E-state index is 6.02. The molecule has 2 aromatic rings. The third kappa shape index (κ3) is 6.84. The van der Waals surface area contributed by atoms with Gasteiger partial charge in [-0.3, -0.25) is 4.99 Å². The Bertz CT molecular complexity index is 794. The van der Waals surface area contributed by atoms with Crippen molar-refractivity contribution in [2.75, 3.05) is 48.5 Å². The van der Waals surface area contributed by atoms with Gasteiger partial charge in [-0.1, -0.05) is 29.8 Å². The van der Waals surface area contributed by atoms with Gasteiger partial charge >= 0.3 is 0 Å². The molecular weight excluding hydrogens is 388 g/mol. The molecular formula is C22H31ClN4O2. The highest BCUT2D eigenvalue weighted by Crippen LogP contribution is 2.27. The Morgan fingerprint density at radius 1 is 1.03 bits per heavy atom. The van der Waals surface area contributed by atoms with Crippen LogP contribution >= 0.6 is 11.6 Å². The van der Waals surface area contributed by atoms with Crippen LogP contribution in [0.3, 0.4) is 0 Å². The number of halogens is 1. The minimum Gasteiger partial charge on any atom is -0.493 e. The third-order valence-electron chi connectivity index (χ3n) is 4.72. The van der Waals surface area contributed by atoms with E-state index < -0.39 is 0 Å². The number of nitrogens with one attached hydrogen (secondary N) is 2. The Balaban J connectivity index is 1.89. The summed E-state index contributed by atoms with van der Waals surface area (Å²) in [4.78, 5) is 6.50. The molecule has 158 valence electrons. The van der Waals surface area contributed by atoms with Crippen molar-refractivity contribution in [3.8, 4) is 11.5 Å². The van der Waals surface area contributed by atoms with E-state index in [4.69, 9.17) is 21.1 Å². The Morgan fingerprint density at radius 3 is 2.31 bits per heavy atom. The fourth-order valence-electron chi connectivity index (χ4n) is 3.06. The van der Waals surface area contributed by atoms with Gasteiger partial charge in [0.25, 0.3) is 0 Å². The highest BCUT2D eigenvalue weighted by atomic mass is 35.5. The van der Waals surface area contributed by atoms with Crippen LogP contribution in [-0.2, 0) is 6.42 Å². The van der Waals surface area contributed by atoms with Crippen LogP contribution < -0.4 is 20.1 Å². The highest BCUT2D eigenvalue weighted by molar-refractivity contribution is 6.30. The molecule has 2 N–H and O–H groups in total. The minimum atomic E-state index is 0.205. The molecule has 1 atom stereocenters. The standard InChI is InChI=1S/C22H31ClN4O2/c1-24-22(25-13-12-16-6-11-20(28-4)21(14-16)29-5)26-15-19(27(2)3)17-7-9-18(23)10-8-17/h6-11,14,19H,12-13,15H2,1-5H3,(H2,24,25,26). The molecule has 7 heteroatoms. The number of rotatable bonds is 9. The fraction of sp³-hybridized carbons (Fsp3) is 0.409. The van der Waals surface area contributed by atoms with Crippen LogP contribution in [0.1, 0.15) is 17.2 Å². The second-order valence-electron chi connectivity index (χ2n) is 6.85. The number of ether oxygens (including phenoxy) is 2. The van der Waals surface area contributed by atoms with Gasteiger partial charge in [-0.25, -0.2) is 0 Å². The van der Waals surface area contributed by atoms with Crippen molar-refractivity contribution in [1.82, 2.24) is 15.5 Å². The van der Waals surface area contributed by atoms with E-state index in [2.05, 4.69) is 46.8 Å². The van der Waals surface area contributed by atoms with Gasteiger partial charge in [0.1, 0.15) is 0 Å². The average Bonchev–Trinajstić information content (AvgIpc) is 2.73. The fourth-order valence-corrected chi connectivity index (χ4v) is 3.18. The second kappa shape index (κ2) is 11.5. The van der Waals surface area contributed by atoms with E-state index in [9.17, 15) is 0 Å². The number of benzene rings is 2. The first kappa shape index (κ1) is 22.8. The van der Waals surface area contributed by atoms with E-state index in [1.54, 1.807) is 21.3 Å². The van der Waals surface area contributed by atoms with E-state index >= 15 is 0 Å². The Labute approximate surface area is 178 Å². The molecule has 0 aromatic heterocycles. The number of hydrogen-bond donors (Lipinski definition) is 2. The predicted octanol–water partition coefficient (Wildman–Crippen LogP) is 3.37. The maximum Gasteiger partial charge on any atom is 0.191 e. The molecule has 0 aliphatic rings. The van der Waals surface area contributed by atoms with Gasteiger partial charge in [-0.2, -0.15) is 0 Å². The summed E-state index contributed by atoms with van der Waals surface area (Å²) in [7, 11) is 9.19. The van der Waals surface area contributed by atoms with Crippen molar-refractivity contribution in [3.63, 3.8) is 0 Å². The molecule has 2 aromatic carbocycles. The van der Waals surface area contributed by atoms with Crippen LogP contribution in [0.5, 0.6) is 11.5 Å². The van der Waals surface area contributed by atoms with E-state index in [0.717, 1.165) is 47.6 Å². The molecule has 0 aliphatic heterocycles. The van der Waals surface area contributed by atoms with Gasteiger partial charge in [-0.05, 0) is 55.9 Å². The van der Waals surface area contributed by atoms with Gasteiger partial charge < -0.3 is 25.0 Å². The summed E-state index contributed by atoms with van der Waals surface area (Å²) < 4.78 is 10.7. The first-order valence-corrected chi connectivity index (χ1v) is 9.93. The lowest BCUT2D eigenvalue weighted by Gasteiger charge is -2.26. The van der Waals surface area contributed by atoms with Crippen molar-refractivity contribution < 1.29 is 9.47 Å². The number of likely N-dealkylation sites (N-methyl/N-ethyl adjacent to an activating group) is 1. The molecule has 1 unspecified atom stereocenters. The molecule has 2 rings (SSSR count). The zero-order valence-corrected chi connectivity index (χ0v) is 18.6. The van der Waals surface area contributed by atoms with Gasteiger partial charge in [-0.15, -0.1) is 0 Å². The first-order chi connectivity index (χ1) is 14.0. The summed E-state index contributed by atoms with van der Waals surface area (Å²) >= 11 is 6.02. The molecule has 0 aliphatic carbocycles. The molecule has 0 fully saturated rings. The van der Waals surface area contributed by atoms with E-state index in [1.807, 2.05) is 30.3 Å². The molecule has 0 bridgehead atoms. The summed E-state index contributed by atoms with van der Waals surface area (Å²) in [5.41, 5.74) is 2.37. The number of guanidine groups is 1. The summed E-state index contributed by atoms with van der Waals surface area (Å²) in [6, 6.07) is 14.1. The summed E-state index contributed by atoms with van der Waals surface area (Å²) in [6.07, 6.45) is 0.843. The van der Waals surface area contributed by atoms with Crippen molar-refractivity contribution in [3.05, 3.63) is 58.6 Å². The normalized spacial score (nSPS) is 12.6. The molecule has 0 spiro atoms. The lowest BCUT2D eigenvalue weighted by atomic mass is 10.1. The number of nitrogens with zero attached hydrogens (tertiary/aromatic N) is 2. The smallest absolute Gasteiger partial charge is 0.191 e. The molecule has 6 nitrogen and oxygen atoms in total. The van der Waals surface area contributed by atoms with E-state index in [0.29, 0.717) is 0 Å². The average molecular weight is 419 g/mol. The minimum absolute atomic E-state index is 0.205. The Hall–Kier alpha value is -2.44. The first-order valence-electron chi connectivity index (χ1n) is 9.55. The Kier molecular flexibility index (Phi) is 9.09. The van der Waals surface area contributed by atoms with Crippen molar-refractivity contribution in [2.45, 2.75) is 12.5 Å². The van der Waals surface area contributed by atoms with Crippen molar-refractivity contribution in [1.29, 1.82) is 0 Å².